The first-order valence-electron chi connectivity index (χ1n) is 6.01. The van der Waals surface area contributed by atoms with Crippen LogP contribution in [-0.4, -0.2) is 62.7 Å². The van der Waals surface area contributed by atoms with Gasteiger partial charge in [-0.3, -0.25) is 15.0 Å². The topological polar surface area (TPSA) is 88.0 Å². The molecule has 0 bridgehead atoms. The van der Waals surface area contributed by atoms with E-state index < -0.39 is 5.54 Å². The van der Waals surface area contributed by atoms with Crippen molar-refractivity contribution in [3.8, 4) is 0 Å². The van der Waals surface area contributed by atoms with Gasteiger partial charge >= 0.3 is 0 Å². The minimum Gasteiger partial charge on any atom is -0.314 e. The van der Waals surface area contributed by atoms with Gasteiger partial charge in [-0.25, -0.2) is 0 Å². The summed E-state index contributed by atoms with van der Waals surface area (Å²) in [5, 5.41) is 17.3. The lowest BCUT2D eigenvalue weighted by molar-refractivity contribution is -0.126. The third kappa shape index (κ3) is 2.65. The van der Waals surface area contributed by atoms with E-state index in [-0.39, 0.29) is 11.9 Å². The summed E-state index contributed by atoms with van der Waals surface area (Å²) in [6, 6.07) is 0. The number of carbonyl (C=O) groups excluding carboxylic acids is 1. The molecule has 18 heavy (non-hydrogen) atoms. The minimum atomic E-state index is -0.582. The van der Waals surface area contributed by atoms with Gasteiger partial charge < -0.3 is 5.32 Å². The van der Waals surface area contributed by atoms with Crippen molar-refractivity contribution in [2.24, 2.45) is 7.05 Å². The summed E-state index contributed by atoms with van der Waals surface area (Å²) in [5.41, 5.74) is -0.582. The monoisotopic (exact) mass is 253 g/mol. The van der Waals surface area contributed by atoms with Crippen LogP contribution in [0.3, 0.4) is 0 Å². The van der Waals surface area contributed by atoms with Gasteiger partial charge in [0.05, 0.1) is 12.6 Å². The molecule has 2 N–H and O–H groups in total. The Kier molecular flexibility index (Phi) is 3.58. The number of hydrogen-bond acceptors (Lipinski definition) is 6. The zero-order valence-corrected chi connectivity index (χ0v) is 11.0. The first-order chi connectivity index (χ1) is 8.50. The second-order valence-electron chi connectivity index (χ2n) is 4.85. The number of nitrogens with zero attached hydrogens (tertiary/aromatic N) is 5. The van der Waals surface area contributed by atoms with Crippen LogP contribution in [0, 0.1) is 0 Å². The number of carbonyl (C=O) groups is 1. The molecule has 2 heterocycles. The van der Waals surface area contributed by atoms with Crippen LogP contribution in [0.5, 0.6) is 0 Å². The maximum atomic E-state index is 12.3. The van der Waals surface area contributed by atoms with E-state index in [1.807, 2.05) is 13.8 Å². The Balaban J connectivity index is 2.02. The lowest BCUT2D eigenvalue weighted by atomic mass is 10.0. The number of nitrogens with one attached hydrogen (secondary N) is 2. The predicted molar refractivity (Wildman–Crippen MR) is 65.9 cm³/mol. The molecular weight excluding hydrogens is 234 g/mol. The number of amides is 1. The zero-order chi connectivity index (χ0) is 13.2. The molecular formula is C10H19N7O. The Morgan fingerprint density at radius 1 is 1.39 bits per heavy atom. The first kappa shape index (κ1) is 12.9. The van der Waals surface area contributed by atoms with Crippen molar-refractivity contribution in [1.29, 1.82) is 0 Å². The minimum absolute atomic E-state index is 0.114. The van der Waals surface area contributed by atoms with E-state index in [0.29, 0.717) is 0 Å². The second-order valence-corrected chi connectivity index (χ2v) is 4.85. The van der Waals surface area contributed by atoms with E-state index in [1.165, 1.54) is 4.80 Å². The molecule has 0 aromatic carbocycles. The molecule has 0 radical (unpaired) electrons. The largest absolute Gasteiger partial charge is 0.314 e. The fraction of sp³-hybridized carbons (Fsp3) is 0.800. The average Bonchev–Trinajstić information content (AvgIpc) is 2.76. The number of piperazine rings is 1. The Morgan fingerprint density at radius 3 is 2.61 bits per heavy atom. The maximum Gasteiger partial charge on any atom is 0.270 e. The SMILES string of the molecule is Cn1nnc(NC(=O)C(C)(C)N2CCNCC2)n1. The van der Waals surface area contributed by atoms with E-state index in [9.17, 15) is 4.79 Å². The highest BCUT2D eigenvalue weighted by atomic mass is 16.2. The lowest BCUT2D eigenvalue weighted by Crippen LogP contribution is -2.58. The number of rotatable bonds is 3. The van der Waals surface area contributed by atoms with Gasteiger partial charge in [0, 0.05) is 26.2 Å². The van der Waals surface area contributed by atoms with Crippen molar-refractivity contribution in [2.45, 2.75) is 19.4 Å². The van der Waals surface area contributed by atoms with E-state index in [4.69, 9.17) is 0 Å². The van der Waals surface area contributed by atoms with Gasteiger partial charge in [-0.05, 0) is 19.1 Å². The molecule has 1 aliphatic rings. The molecule has 0 unspecified atom stereocenters. The normalized spacial score (nSPS) is 17.7. The summed E-state index contributed by atoms with van der Waals surface area (Å²) >= 11 is 0. The van der Waals surface area contributed by atoms with Crippen molar-refractivity contribution in [3.05, 3.63) is 0 Å². The van der Waals surface area contributed by atoms with Gasteiger partial charge in [-0.15, -0.1) is 5.10 Å². The van der Waals surface area contributed by atoms with Gasteiger partial charge in [0.1, 0.15) is 0 Å². The molecule has 8 heteroatoms. The molecule has 1 amide bonds. The standard InChI is InChI=1S/C10H19N7O/c1-10(2,17-6-4-11-5-7-17)8(18)12-9-13-15-16(3)14-9/h11H,4-7H2,1-3H3,(H,12,14,18). The fourth-order valence-electron chi connectivity index (χ4n) is 1.96. The number of aromatic nitrogens is 4. The Bertz CT molecular complexity index is 422. The van der Waals surface area contributed by atoms with E-state index in [1.54, 1.807) is 7.05 Å². The van der Waals surface area contributed by atoms with Crippen molar-refractivity contribution in [1.82, 2.24) is 30.4 Å². The predicted octanol–water partition coefficient (Wildman–Crippen LogP) is -1.17. The molecule has 100 valence electrons. The van der Waals surface area contributed by atoms with Crippen LogP contribution in [0.1, 0.15) is 13.8 Å². The van der Waals surface area contributed by atoms with Crippen molar-refractivity contribution >= 4 is 11.9 Å². The van der Waals surface area contributed by atoms with Crippen LogP contribution in [0.4, 0.5) is 5.95 Å². The summed E-state index contributed by atoms with van der Waals surface area (Å²) in [7, 11) is 1.66. The van der Waals surface area contributed by atoms with Crippen molar-refractivity contribution in [2.75, 3.05) is 31.5 Å². The van der Waals surface area contributed by atoms with Gasteiger partial charge in [0.15, 0.2) is 0 Å². The quantitative estimate of drug-likeness (QED) is 0.706. The first-order valence-corrected chi connectivity index (χ1v) is 6.01. The Morgan fingerprint density at radius 2 is 2.06 bits per heavy atom. The van der Waals surface area contributed by atoms with Crippen LogP contribution in [-0.2, 0) is 11.8 Å². The second kappa shape index (κ2) is 4.99. The number of anilines is 1. The number of hydrogen-bond donors (Lipinski definition) is 2. The highest BCUT2D eigenvalue weighted by molar-refractivity contribution is 5.96. The van der Waals surface area contributed by atoms with Crippen molar-refractivity contribution in [3.63, 3.8) is 0 Å². The molecule has 1 fully saturated rings. The molecule has 0 aliphatic carbocycles. The summed E-state index contributed by atoms with van der Waals surface area (Å²) in [6.07, 6.45) is 0. The molecule has 0 saturated carbocycles. The molecule has 1 aromatic heterocycles. The molecule has 0 atom stereocenters. The summed E-state index contributed by atoms with van der Waals surface area (Å²) in [4.78, 5) is 15.7. The van der Waals surface area contributed by atoms with Crippen molar-refractivity contribution < 1.29 is 4.79 Å². The van der Waals surface area contributed by atoms with Crippen LogP contribution in [0.25, 0.3) is 0 Å². The lowest BCUT2D eigenvalue weighted by Gasteiger charge is -2.39. The van der Waals surface area contributed by atoms with Gasteiger partial charge in [-0.1, -0.05) is 5.10 Å². The summed E-state index contributed by atoms with van der Waals surface area (Å²) in [5.74, 6) is 0.128. The average molecular weight is 253 g/mol. The molecule has 0 spiro atoms. The highest BCUT2D eigenvalue weighted by Crippen LogP contribution is 2.16. The smallest absolute Gasteiger partial charge is 0.270 e. The van der Waals surface area contributed by atoms with E-state index >= 15 is 0 Å². The van der Waals surface area contributed by atoms with Crippen LogP contribution in [0.2, 0.25) is 0 Å². The third-order valence-corrected chi connectivity index (χ3v) is 3.20. The third-order valence-electron chi connectivity index (χ3n) is 3.20. The van der Waals surface area contributed by atoms with E-state index in [2.05, 4.69) is 30.9 Å². The maximum absolute atomic E-state index is 12.3. The van der Waals surface area contributed by atoms with Crippen LogP contribution < -0.4 is 10.6 Å². The Labute approximate surface area is 106 Å². The number of tetrazole rings is 1. The van der Waals surface area contributed by atoms with Gasteiger partial charge in [-0.2, -0.15) is 4.80 Å². The molecule has 8 nitrogen and oxygen atoms in total. The fourth-order valence-corrected chi connectivity index (χ4v) is 1.96. The number of aryl methyl sites for hydroxylation is 1. The molecule has 1 saturated heterocycles. The summed E-state index contributed by atoms with van der Waals surface area (Å²) < 4.78 is 0. The molecule has 1 aromatic rings. The molecule has 2 rings (SSSR count). The van der Waals surface area contributed by atoms with Gasteiger partial charge in [0.25, 0.3) is 5.95 Å². The van der Waals surface area contributed by atoms with Crippen LogP contribution in [0.15, 0.2) is 0 Å². The van der Waals surface area contributed by atoms with Crippen LogP contribution >= 0.6 is 0 Å². The van der Waals surface area contributed by atoms with Gasteiger partial charge in [0.2, 0.25) is 5.91 Å². The molecule has 1 aliphatic heterocycles. The summed E-state index contributed by atoms with van der Waals surface area (Å²) in [6.45, 7) is 7.33. The zero-order valence-electron chi connectivity index (χ0n) is 11.0. The van der Waals surface area contributed by atoms with E-state index in [0.717, 1.165) is 26.2 Å². The Hall–Kier alpha value is -1.54. The highest BCUT2D eigenvalue weighted by Gasteiger charge is 2.35.